The van der Waals surface area contributed by atoms with Crippen LogP contribution >= 0.6 is 0 Å². The van der Waals surface area contributed by atoms with Gasteiger partial charge in [0.15, 0.2) is 5.82 Å². The molecule has 2 amide bonds. The molecule has 2 aromatic carbocycles. The number of para-hydroxylation sites is 2. The summed E-state index contributed by atoms with van der Waals surface area (Å²) in [5.74, 6) is 2.33. The standard InChI is InChI=1S/C23H25N7O/c1-3-29-19-11-5-4-10-18(19)26-22(29)20-12-7-13-30(20)23(31)25-17-9-6-8-16(14-17)21-24-15(2)27-28-21/h4-6,8-11,14,20H,3,7,12-13H2,1-2H3,(H,25,31)(H,24,27,28). The van der Waals surface area contributed by atoms with E-state index in [9.17, 15) is 4.79 Å². The van der Waals surface area contributed by atoms with Gasteiger partial charge in [0.25, 0.3) is 0 Å². The molecule has 1 aliphatic rings. The predicted molar refractivity (Wildman–Crippen MR) is 120 cm³/mol. The summed E-state index contributed by atoms with van der Waals surface area (Å²) >= 11 is 0. The van der Waals surface area contributed by atoms with E-state index < -0.39 is 0 Å². The van der Waals surface area contributed by atoms with E-state index in [1.807, 2.05) is 54.3 Å². The molecular weight excluding hydrogens is 390 g/mol. The Balaban J connectivity index is 1.40. The minimum atomic E-state index is -0.111. The number of nitrogens with one attached hydrogen (secondary N) is 2. The molecule has 1 fully saturated rings. The van der Waals surface area contributed by atoms with Crippen molar-refractivity contribution in [3.8, 4) is 11.4 Å². The summed E-state index contributed by atoms with van der Waals surface area (Å²) < 4.78 is 2.22. The molecule has 1 saturated heterocycles. The topological polar surface area (TPSA) is 91.7 Å². The van der Waals surface area contributed by atoms with E-state index in [0.29, 0.717) is 12.4 Å². The lowest BCUT2D eigenvalue weighted by molar-refractivity contribution is 0.204. The van der Waals surface area contributed by atoms with Crippen LogP contribution in [-0.4, -0.2) is 42.2 Å². The van der Waals surface area contributed by atoms with Gasteiger partial charge in [0, 0.05) is 24.3 Å². The zero-order valence-corrected chi connectivity index (χ0v) is 17.7. The average molecular weight is 416 g/mol. The smallest absolute Gasteiger partial charge is 0.322 e. The first-order chi connectivity index (χ1) is 15.1. The van der Waals surface area contributed by atoms with E-state index in [1.165, 1.54) is 0 Å². The van der Waals surface area contributed by atoms with E-state index in [2.05, 4.69) is 38.1 Å². The van der Waals surface area contributed by atoms with Gasteiger partial charge in [0.05, 0.1) is 17.1 Å². The molecule has 4 aromatic rings. The van der Waals surface area contributed by atoms with Crippen molar-refractivity contribution < 1.29 is 4.79 Å². The second kappa shape index (κ2) is 7.86. The molecule has 3 heterocycles. The number of imidazole rings is 1. The molecule has 2 N–H and O–H groups in total. The maximum Gasteiger partial charge on any atom is 0.322 e. The third-order valence-electron chi connectivity index (χ3n) is 5.78. The van der Waals surface area contributed by atoms with E-state index in [0.717, 1.165) is 53.3 Å². The molecule has 31 heavy (non-hydrogen) atoms. The van der Waals surface area contributed by atoms with Crippen molar-refractivity contribution in [3.05, 3.63) is 60.2 Å². The summed E-state index contributed by atoms with van der Waals surface area (Å²) in [5.41, 5.74) is 3.66. The van der Waals surface area contributed by atoms with Crippen molar-refractivity contribution in [3.63, 3.8) is 0 Å². The first-order valence-corrected chi connectivity index (χ1v) is 10.7. The second-order valence-corrected chi connectivity index (χ2v) is 7.81. The number of anilines is 1. The number of H-pyrrole nitrogens is 1. The quantitative estimate of drug-likeness (QED) is 0.513. The number of hydrogen-bond donors (Lipinski definition) is 2. The molecular formula is C23H25N7O. The molecule has 158 valence electrons. The Labute approximate surface area is 180 Å². The van der Waals surface area contributed by atoms with Crippen LogP contribution in [0.1, 0.15) is 37.5 Å². The Morgan fingerprint density at radius 1 is 1.19 bits per heavy atom. The van der Waals surface area contributed by atoms with Crippen molar-refractivity contribution in [1.29, 1.82) is 0 Å². The Kier molecular flexibility index (Phi) is 4.89. The van der Waals surface area contributed by atoms with E-state index in [1.54, 1.807) is 0 Å². The van der Waals surface area contributed by atoms with Crippen molar-refractivity contribution in [2.45, 2.75) is 39.3 Å². The Morgan fingerprint density at radius 3 is 2.87 bits per heavy atom. The number of benzene rings is 2. The number of aromatic amines is 1. The van der Waals surface area contributed by atoms with Crippen LogP contribution in [0.3, 0.4) is 0 Å². The van der Waals surface area contributed by atoms with Crippen molar-refractivity contribution in [1.82, 2.24) is 29.6 Å². The Bertz CT molecular complexity index is 1240. The van der Waals surface area contributed by atoms with E-state index in [4.69, 9.17) is 4.98 Å². The fraction of sp³-hybridized carbons (Fsp3) is 0.304. The molecule has 2 aromatic heterocycles. The number of rotatable bonds is 4. The molecule has 8 nitrogen and oxygen atoms in total. The van der Waals surface area contributed by atoms with Crippen LogP contribution in [0, 0.1) is 6.92 Å². The van der Waals surface area contributed by atoms with Gasteiger partial charge >= 0.3 is 6.03 Å². The highest BCUT2D eigenvalue weighted by Gasteiger charge is 2.33. The van der Waals surface area contributed by atoms with Crippen LogP contribution < -0.4 is 5.32 Å². The minimum absolute atomic E-state index is 0.0359. The van der Waals surface area contributed by atoms with Gasteiger partial charge in [-0.05, 0) is 51.0 Å². The monoisotopic (exact) mass is 415 g/mol. The Hall–Kier alpha value is -3.68. The fourth-order valence-corrected chi connectivity index (χ4v) is 4.36. The molecule has 1 unspecified atom stereocenters. The number of urea groups is 1. The fourth-order valence-electron chi connectivity index (χ4n) is 4.36. The highest BCUT2D eigenvalue weighted by Crippen LogP contribution is 2.34. The number of amides is 2. The zero-order chi connectivity index (χ0) is 21.4. The first-order valence-electron chi connectivity index (χ1n) is 10.7. The van der Waals surface area contributed by atoms with E-state index in [-0.39, 0.29) is 12.1 Å². The molecule has 0 saturated carbocycles. The Morgan fingerprint density at radius 2 is 2.06 bits per heavy atom. The number of likely N-dealkylation sites (tertiary alicyclic amines) is 1. The number of carbonyl (C=O) groups excluding carboxylic acids is 1. The second-order valence-electron chi connectivity index (χ2n) is 7.81. The lowest BCUT2D eigenvalue weighted by Gasteiger charge is -2.25. The van der Waals surface area contributed by atoms with Gasteiger partial charge in [-0.15, -0.1) is 0 Å². The SMILES string of the molecule is CCn1c(C2CCCN2C(=O)Nc2cccc(-c3n[nH]c(C)n3)c2)nc2ccccc21. The van der Waals surface area contributed by atoms with Gasteiger partial charge in [-0.3, -0.25) is 5.10 Å². The summed E-state index contributed by atoms with van der Waals surface area (Å²) in [5, 5.41) is 10.1. The number of nitrogens with zero attached hydrogens (tertiary/aromatic N) is 5. The summed E-state index contributed by atoms with van der Waals surface area (Å²) in [6, 6.07) is 15.6. The number of carbonyl (C=O) groups is 1. The molecule has 0 spiro atoms. The van der Waals surface area contributed by atoms with Gasteiger partial charge < -0.3 is 14.8 Å². The molecule has 1 aliphatic heterocycles. The van der Waals surface area contributed by atoms with Crippen molar-refractivity contribution >= 4 is 22.8 Å². The summed E-state index contributed by atoms with van der Waals surface area (Å²) in [7, 11) is 0. The lowest BCUT2D eigenvalue weighted by atomic mass is 10.2. The molecule has 0 aliphatic carbocycles. The van der Waals surface area contributed by atoms with Crippen LogP contribution in [0.2, 0.25) is 0 Å². The normalized spacial score (nSPS) is 16.2. The number of fused-ring (bicyclic) bond motifs is 1. The number of aromatic nitrogens is 5. The zero-order valence-electron chi connectivity index (χ0n) is 17.7. The molecule has 5 rings (SSSR count). The van der Waals surface area contributed by atoms with Crippen molar-refractivity contribution in [2.75, 3.05) is 11.9 Å². The van der Waals surface area contributed by atoms with Gasteiger partial charge in [-0.25, -0.2) is 14.8 Å². The minimum Gasteiger partial charge on any atom is -0.327 e. The summed E-state index contributed by atoms with van der Waals surface area (Å²) in [6.45, 7) is 5.51. The van der Waals surface area contributed by atoms with Crippen LogP contribution in [0.15, 0.2) is 48.5 Å². The molecule has 8 heteroatoms. The van der Waals surface area contributed by atoms with Gasteiger partial charge in [0.1, 0.15) is 11.6 Å². The van der Waals surface area contributed by atoms with Gasteiger partial charge in [-0.1, -0.05) is 24.3 Å². The van der Waals surface area contributed by atoms with Crippen LogP contribution in [0.25, 0.3) is 22.4 Å². The maximum absolute atomic E-state index is 13.2. The molecule has 1 atom stereocenters. The predicted octanol–water partition coefficient (Wildman–Crippen LogP) is 4.52. The van der Waals surface area contributed by atoms with Gasteiger partial charge in [-0.2, -0.15) is 5.10 Å². The van der Waals surface area contributed by atoms with E-state index >= 15 is 0 Å². The molecule has 0 radical (unpaired) electrons. The number of hydrogen-bond acceptors (Lipinski definition) is 4. The van der Waals surface area contributed by atoms with Crippen molar-refractivity contribution in [2.24, 2.45) is 0 Å². The third-order valence-corrected chi connectivity index (χ3v) is 5.78. The van der Waals surface area contributed by atoms with Gasteiger partial charge in [0.2, 0.25) is 0 Å². The summed E-state index contributed by atoms with van der Waals surface area (Å²) in [6.07, 6.45) is 1.87. The van der Waals surface area contributed by atoms with Crippen LogP contribution in [-0.2, 0) is 6.54 Å². The van der Waals surface area contributed by atoms with Crippen LogP contribution in [0.4, 0.5) is 10.5 Å². The highest BCUT2D eigenvalue weighted by atomic mass is 16.2. The highest BCUT2D eigenvalue weighted by molar-refractivity contribution is 5.90. The number of aryl methyl sites for hydroxylation is 2. The largest absolute Gasteiger partial charge is 0.327 e. The maximum atomic E-state index is 13.2. The van der Waals surface area contributed by atoms with Crippen LogP contribution in [0.5, 0.6) is 0 Å². The average Bonchev–Trinajstić information content (AvgIpc) is 3.51. The first kappa shape index (κ1) is 19.3. The molecule has 0 bridgehead atoms. The summed E-state index contributed by atoms with van der Waals surface area (Å²) in [4.78, 5) is 24.4. The third kappa shape index (κ3) is 3.54. The lowest BCUT2D eigenvalue weighted by Crippen LogP contribution is -2.35.